The van der Waals surface area contributed by atoms with Gasteiger partial charge in [-0.25, -0.2) is 4.79 Å². The SMILES string of the molecule is CS(=O)(=O)OCCC1=C(C(=O)O)N2C(=O)C[C@H]2S1. The van der Waals surface area contributed by atoms with E-state index in [-0.39, 0.29) is 30.0 Å². The minimum atomic E-state index is -3.54. The van der Waals surface area contributed by atoms with Crippen LogP contribution in [0.4, 0.5) is 0 Å². The lowest BCUT2D eigenvalue weighted by Gasteiger charge is -2.33. The number of carboxylic acids is 1. The summed E-state index contributed by atoms with van der Waals surface area (Å²) in [5, 5.41) is 8.90. The number of β-lactam (4-membered cyclic amide) rings is 1. The van der Waals surface area contributed by atoms with E-state index in [1.165, 1.54) is 16.7 Å². The van der Waals surface area contributed by atoms with Gasteiger partial charge >= 0.3 is 5.97 Å². The largest absolute Gasteiger partial charge is 0.477 e. The van der Waals surface area contributed by atoms with Crippen LogP contribution in [-0.2, 0) is 23.9 Å². The minimum Gasteiger partial charge on any atom is -0.477 e. The molecule has 2 heterocycles. The summed E-state index contributed by atoms with van der Waals surface area (Å²) in [5.41, 5.74) is -0.0432. The van der Waals surface area contributed by atoms with Crippen molar-refractivity contribution in [2.45, 2.75) is 18.2 Å². The van der Waals surface area contributed by atoms with Gasteiger partial charge in [0.1, 0.15) is 5.70 Å². The van der Waals surface area contributed by atoms with E-state index in [1.54, 1.807) is 0 Å². The number of thioether (sulfide) groups is 1. The topological polar surface area (TPSA) is 101 Å². The first-order valence-corrected chi connectivity index (χ1v) is 7.79. The Morgan fingerprint density at radius 1 is 1.61 bits per heavy atom. The molecular weight excluding hydrogens is 282 g/mol. The van der Waals surface area contributed by atoms with Gasteiger partial charge in [-0.3, -0.25) is 13.9 Å². The molecule has 0 bridgehead atoms. The number of carbonyl (C=O) groups excluding carboxylic acids is 1. The molecule has 2 aliphatic heterocycles. The van der Waals surface area contributed by atoms with Gasteiger partial charge in [0.05, 0.1) is 24.7 Å². The third-order valence-corrected chi connectivity index (χ3v) is 4.44. The van der Waals surface area contributed by atoms with Gasteiger partial charge in [-0.15, -0.1) is 11.8 Å². The van der Waals surface area contributed by atoms with Gasteiger partial charge < -0.3 is 5.11 Å². The van der Waals surface area contributed by atoms with Gasteiger partial charge in [-0.05, 0) is 0 Å². The number of fused-ring (bicyclic) bond motifs is 1. The average molecular weight is 293 g/mol. The zero-order chi connectivity index (χ0) is 13.5. The number of nitrogens with zero attached hydrogens (tertiary/aromatic N) is 1. The van der Waals surface area contributed by atoms with Crippen LogP contribution in [0.25, 0.3) is 0 Å². The van der Waals surface area contributed by atoms with Crippen LogP contribution in [0.15, 0.2) is 10.6 Å². The lowest BCUT2D eigenvalue weighted by atomic mass is 10.1. The van der Waals surface area contributed by atoms with Gasteiger partial charge in [0.25, 0.3) is 10.1 Å². The molecule has 0 spiro atoms. The molecule has 1 saturated heterocycles. The smallest absolute Gasteiger partial charge is 0.353 e. The van der Waals surface area contributed by atoms with Crippen LogP contribution in [0.3, 0.4) is 0 Å². The molecule has 7 nitrogen and oxygen atoms in total. The molecule has 100 valence electrons. The van der Waals surface area contributed by atoms with Crippen LogP contribution in [0.1, 0.15) is 12.8 Å². The van der Waals surface area contributed by atoms with Crippen molar-refractivity contribution < 1.29 is 27.3 Å². The van der Waals surface area contributed by atoms with Gasteiger partial charge in [0, 0.05) is 11.3 Å². The van der Waals surface area contributed by atoms with E-state index in [2.05, 4.69) is 4.18 Å². The highest BCUT2D eigenvalue weighted by Gasteiger charge is 2.48. The standard InChI is InChI=1S/C9H11NO6S2/c1-18(14,15)16-3-2-5-8(9(12)13)10-6(11)4-7(10)17-5/h7H,2-4H2,1H3,(H,12,13)/t7-/m1/s1. The van der Waals surface area contributed by atoms with Crippen LogP contribution < -0.4 is 0 Å². The highest BCUT2D eigenvalue weighted by molar-refractivity contribution is 8.04. The minimum absolute atomic E-state index is 0.0432. The van der Waals surface area contributed by atoms with E-state index in [0.29, 0.717) is 11.3 Å². The molecule has 0 saturated carbocycles. The van der Waals surface area contributed by atoms with Crippen LogP contribution >= 0.6 is 11.8 Å². The molecule has 0 aliphatic carbocycles. The van der Waals surface area contributed by atoms with Crippen molar-refractivity contribution in [3.63, 3.8) is 0 Å². The number of aliphatic carboxylic acids is 1. The maximum atomic E-state index is 11.3. The molecule has 2 rings (SSSR count). The zero-order valence-electron chi connectivity index (χ0n) is 9.45. The summed E-state index contributed by atoms with van der Waals surface area (Å²) in [6.45, 7) is -0.118. The molecule has 1 N–H and O–H groups in total. The first-order valence-electron chi connectivity index (χ1n) is 5.09. The van der Waals surface area contributed by atoms with Crippen LogP contribution in [-0.4, -0.2) is 48.5 Å². The van der Waals surface area contributed by atoms with Crippen molar-refractivity contribution in [2.75, 3.05) is 12.9 Å². The lowest BCUT2D eigenvalue weighted by Crippen LogP contribution is -2.48. The van der Waals surface area contributed by atoms with E-state index < -0.39 is 16.1 Å². The summed E-state index contributed by atoms with van der Waals surface area (Å²) in [7, 11) is -3.54. The Bertz CT molecular complexity index is 537. The quantitative estimate of drug-likeness (QED) is 0.560. The third kappa shape index (κ3) is 2.52. The second kappa shape index (κ2) is 4.56. The number of rotatable bonds is 5. The number of carbonyl (C=O) groups is 2. The summed E-state index contributed by atoms with van der Waals surface area (Å²) in [4.78, 5) is 24.1. The number of carboxylic acid groups (broad SMARTS) is 1. The fourth-order valence-electron chi connectivity index (χ4n) is 1.79. The highest BCUT2D eigenvalue weighted by atomic mass is 32.2. The van der Waals surface area contributed by atoms with Crippen molar-refractivity contribution in [3.05, 3.63) is 10.6 Å². The Kier molecular flexibility index (Phi) is 3.39. The summed E-state index contributed by atoms with van der Waals surface area (Å²) >= 11 is 1.28. The Morgan fingerprint density at radius 2 is 2.28 bits per heavy atom. The first kappa shape index (κ1) is 13.4. The van der Waals surface area contributed by atoms with Crippen molar-refractivity contribution in [1.29, 1.82) is 0 Å². The Labute approximate surface area is 108 Å². The predicted octanol–water partition coefficient (Wildman–Crippen LogP) is -0.0459. The van der Waals surface area contributed by atoms with E-state index in [9.17, 15) is 18.0 Å². The molecule has 0 radical (unpaired) electrons. The molecule has 0 aromatic rings. The van der Waals surface area contributed by atoms with Crippen LogP contribution in [0.2, 0.25) is 0 Å². The zero-order valence-corrected chi connectivity index (χ0v) is 11.1. The predicted molar refractivity (Wildman–Crippen MR) is 62.9 cm³/mol. The Balaban J connectivity index is 2.07. The van der Waals surface area contributed by atoms with E-state index in [0.717, 1.165) is 6.26 Å². The van der Waals surface area contributed by atoms with Crippen molar-refractivity contribution in [1.82, 2.24) is 4.90 Å². The number of hydrogen-bond acceptors (Lipinski definition) is 6. The highest BCUT2D eigenvalue weighted by Crippen LogP contribution is 2.47. The molecule has 9 heteroatoms. The summed E-state index contributed by atoms with van der Waals surface area (Å²) < 4.78 is 26.1. The molecule has 1 amide bonds. The molecule has 1 fully saturated rings. The van der Waals surface area contributed by atoms with E-state index >= 15 is 0 Å². The fourth-order valence-corrected chi connectivity index (χ4v) is 3.56. The second-order valence-electron chi connectivity index (χ2n) is 3.89. The van der Waals surface area contributed by atoms with Gasteiger partial charge in [-0.2, -0.15) is 8.42 Å². The maximum Gasteiger partial charge on any atom is 0.353 e. The molecular formula is C9H11NO6S2. The Hall–Kier alpha value is -1.06. The fraction of sp³-hybridized carbons (Fsp3) is 0.556. The molecule has 2 aliphatic rings. The van der Waals surface area contributed by atoms with Crippen LogP contribution in [0.5, 0.6) is 0 Å². The van der Waals surface area contributed by atoms with E-state index in [4.69, 9.17) is 5.11 Å². The molecule has 0 aromatic carbocycles. The maximum absolute atomic E-state index is 11.3. The van der Waals surface area contributed by atoms with Crippen LogP contribution in [0, 0.1) is 0 Å². The second-order valence-corrected chi connectivity index (χ2v) is 6.81. The summed E-state index contributed by atoms with van der Waals surface area (Å²) in [6.07, 6.45) is 1.41. The normalized spacial score (nSPS) is 23.1. The van der Waals surface area contributed by atoms with Crippen molar-refractivity contribution in [3.8, 4) is 0 Å². The monoisotopic (exact) mass is 293 g/mol. The van der Waals surface area contributed by atoms with E-state index in [1.807, 2.05) is 0 Å². The summed E-state index contributed by atoms with van der Waals surface area (Å²) in [6, 6.07) is 0. The van der Waals surface area contributed by atoms with Gasteiger partial charge in [-0.1, -0.05) is 0 Å². The Morgan fingerprint density at radius 3 is 2.78 bits per heavy atom. The number of amides is 1. The molecule has 1 atom stereocenters. The summed E-state index contributed by atoms with van der Waals surface area (Å²) in [5.74, 6) is -1.39. The van der Waals surface area contributed by atoms with Crippen molar-refractivity contribution >= 4 is 33.8 Å². The van der Waals surface area contributed by atoms with Crippen molar-refractivity contribution in [2.24, 2.45) is 0 Å². The third-order valence-electron chi connectivity index (χ3n) is 2.52. The first-order chi connectivity index (χ1) is 8.29. The molecule has 0 unspecified atom stereocenters. The molecule has 18 heavy (non-hydrogen) atoms. The number of hydrogen-bond donors (Lipinski definition) is 1. The lowest BCUT2D eigenvalue weighted by molar-refractivity contribution is -0.145. The van der Waals surface area contributed by atoms with Gasteiger partial charge in [0.2, 0.25) is 5.91 Å². The molecule has 0 aromatic heterocycles. The average Bonchev–Trinajstić information content (AvgIpc) is 2.49. The van der Waals surface area contributed by atoms with Gasteiger partial charge in [0.15, 0.2) is 0 Å².